The van der Waals surface area contributed by atoms with E-state index in [0.29, 0.717) is 5.88 Å². The first-order valence-electron chi connectivity index (χ1n) is 7.05. The first-order valence-corrected chi connectivity index (χ1v) is 7.58. The van der Waals surface area contributed by atoms with Gasteiger partial charge in [-0.2, -0.15) is 0 Å². The highest BCUT2D eigenvalue weighted by Crippen LogP contribution is 2.18. The van der Waals surface area contributed by atoms with Gasteiger partial charge in [0.2, 0.25) is 6.41 Å². The molecule has 0 saturated heterocycles. The highest BCUT2D eigenvalue weighted by Gasteiger charge is 2.03. The zero-order chi connectivity index (χ0) is 14.5. The fraction of sp³-hybridized carbons (Fsp3) is 0.562. The van der Waals surface area contributed by atoms with Gasteiger partial charge in [0.1, 0.15) is 0 Å². The SMILES string of the molecule is CCCCc1ccc(CCl)cc1CCCC.NC=O. The molecule has 0 heterocycles. The maximum absolute atomic E-state index is 8.58. The summed E-state index contributed by atoms with van der Waals surface area (Å²) in [6, 6.07) is 6.75. The minimum atomic E-state index is 0.250. The number of amides is 1. The highest BCUT2D eigenvalue weighted by atomic mass is 35.5. The van der Waals surface area contributed by atoms with Crippen molar-refractivity contribution in [3.63, 3.8) is 0 Å². The predicted octanol–water partition coefficient (Wildman–Crippen LogP) is 4.21. The minimum absolute atomic E-state index is 0.250. The van der Waals surface area contributed by atoms with Crippen molar-refractivity contribution in [1.82, 2.24) is 0 Å². The number of carbonyl (C=O) groups excluding carboxylic acids is 1. The lowest BCUT2D eigenvalue weighted by Gasteiger charge is -2.10. The molecule has 0 aliphatic heterocycles. The van der Waals surface area contributed by atoms with Gasteiger partial charge in [0.05, 0.1) is 0 Å². The summed E-state index contributed by atoms with van der Waals surface area (Å²) in [4.78, 5) is 8.58. The molecule has 0 aromatic heterocycles. The smallest absolute Gasteiger partial charge is 0.204 e. The molecule has 3 heteroatoms. The molecular formula is C16H26ClNO. The molecule has 0 atom stereocenters. The van der Waals surface area contributed by atoms with Crippen LogP contribution in [0, 0.1) is 0 Å². The maximum atomic E-state index is 8.58. The Hall–Kier alpha value is -1.02. The fourth-order valence-electron chi connectivity index (χ4n) is 1.97. The van der Waals surface area contributed by atoms with Crippen molar-refractivity contribution >= 4 is 18.0 Å². The number of carbonyl (C=O) groups is 1. The van der Waals surface area contributed by atoms with Crippen molar-refractivity contribution in [2.75, 3.05) is 0 Å². The zero-order valence-electron chi connectivity index (χ0n) is 12.1. The Kier molecular flexibility index (Phi) is 11.4. The zero-order valence-corrected chi connectivity index (χ0v) is 12.9. The van der Waals surface area contributed by atoms with Gasteiger partial charge in [-0.25, -0.2) is 0 Å². The number of hydrogen-bond acceptors (Lipinski definition) is 1. The molecule has 2 N–H and O–H groups in total. The van der Waals surface area contributed by atoms with Gasteiger partial charge in [0.25, 0.3) is 0 Å². The number of nitrogens with two attached hydrogens (primary N) is 1. The van der Waals surface area contributed by atoms with E-state index in [0.717, 1.165) is 0 Å². The van der Waals surface area contributed by atoms with E-state index in [-0.39, 0.29) is 6.41 Å². The van der Waals surface area contributed by atoms with Crippen LogP contribution in [0.2, 0.25) is 0 Å². The Bertz CT molecular complexity index is 353. The van der Waals surface area contributed by atoms with Crippen molar-refractivity contribution in [1.29, 1.82) is 0 Å². The molecule has 0 aliphatic rings. The topological polar surface area (TPSA) is 43.1 Å². The molecule has 1 rings (SSSR count). The summed E-state index contributed by atoms with van der Waals surface area (Å²) >= 11 is 5.89. The van der Waals surface area contributed by atoms with Gasteiger partial charge in [-0.15, -0.1) is 11.6 Å². The molecule has 1 aromatic carbocycles. The van der Waals surface area contributed by atoms with Crippen LogP contribution in [0.1, 0.15) is 56.2 Å². The summed E-state index contributed by atoms with van der Waals surface area (Å²) in [5, 5.41) is 0. The first-order chi connectivity index (χ1) is 9.23. The van der Waals surface area contributed by atoms with E-state index >= 15 is 0 Å². The second-order valence-electron chi connectivity index (χ2n) is 4.58. The van der Waals surface area contributed by atoms with E-state index in [1.165, 1.54) is 55.2 Å². The van der Waals surface area contributed by atoms with Crippen molar-refractivity contribution < 1.29 is 4.79 Å². The largest absolute Gasteiger partial charge is 0.372 e. The van der Waals surface area contributed by atoms with Crippen LogP contribution < -0.4 is 5.73 Å². The van der Waals surface area contributed by atoms with Crippen molar-refractivity contribution in [3.05, 3.63) is 34.9 Å². The Morgan fingerprint density at radius 2 is 1.63 bits per heavy atom. The number of hydrogen-bond donors (Lipinski definition) is 1. The van der Waals surface area contributed by atoms with E-state index < -0.39 is 0 Å². The van der Waals surface area contributed by atoms with Gasteiger partial charge < -0.3 is 5.73 Å². The van der Waals surface area contributed by atoms with Crippen LogP contribution in [0.4, 0.5) is 0 Å². The van der Waals surface area contributed by atoms with Crippen molar-refractivity contribution in [2.24, 2.45) is 5.73 Å². The third-order valence-electron chi connectivity index (χ3n) is 3.02. The molecule has 1 aromatic rings. The fourth-order valence-corrected chi connectivity index (χ4v) is 2.14. The first kappa shape index (κ1) is 18.0. The van der Waals surface area contributed by atoms with E-state index in [1.54, 1.807) is 0 Å². The van der Waals surface area contributed by atoms with E-state index in [1.807, 2.05) is 0 Å². The number of alkyl halides is 1. The van der Waals surface area contributed by atoms with Crippen LogP contribution in [0.25, 0.3) is 0 Å². The Labute approximate surface area is 122 Å². The number of rotatable bonds is 7. The van der Waals surface area contributed by atoms with E-state index in [2.05, 4.69) is 37.8 Å². The number of unbranched alkanes of at least 4 members (excludes halogenated alkanes) is 2. The Morgan fingerprint density at radius 3 is 2.11 bits per heavy atom. The van der Waals surface area contributed by atoms with Crippen molar-refractivity contribution in [2.45, 2.75) is 58.3 Å². The Morgan fingerprint density at radius 1 is 1.11 bits per heavy atom. The molecule has 1 amide bonds. The van der Waals surface area contributed by atoms with Gasteiger partial charge in [-0.05, 0) is 42.4 Å². The summed E-state index contributed by atoms with van der Waals surface area (Å²) in [6.45, 7) is 4.50. The number of aryl methyl sites for hydroxylation is 2. The van der Waals surface area contributed by atoms with Crippen molar-refractivity contribution in [3.8, 4) is 0 Å². The van der Waals surface area contributed by atoms with Crippen LogP contribution in [0.15, 0.2) is 18.2 Å². The molecule has 19 heavy (non-hydrogen) atoms. The summed E-state index contributed by atoms with van der Waals surface area (Å²) in [5.41, 5.74) is 8.48. The summed E-state index contributed by atoms with van der Waals surface area (Å²) in [6.07, 6.45) is 7.78. The van der Waals surface area contributed by atoms with E-state index in [9.17, 15) is 0 Å². The van der Waals surface area contributed by atoms with Gasteiger partial charge in [0.15, 0.2) is 0 Å². The molecule has 0 aliphatic carbocycles. The number of halogens is 1. The molecule has 0 saturated carbocycles. The van der Waals surface area contributed by atoms with Gasteiger partial charge in [0, 0.05) is 5.88 Å². The third-order valence-corrected chi connectivity index (χ3v) is 3.33. The number of benzene rings is 1. The lowest BCUT2D eigenvalue weighted by atomic mass is 9.96. The molecule has 0 unspecified atom stereocenters. The monoisotopic (exact) mass is 283 g/mol. The van der Waals surface area contributed by atoms with Crippen LogP contribution >= 0.6 is 11.6 Å². The van der Waals surface area contributed by atoms with Crippen LogP contribution in [-0.4, -0.2) is 6.41 Å². The van der Waals surface area contributed by atoms with Crippen LogP contribution in [0.5, 0.6) is 0 Å². The van der Waals surface area contributed by atoms with Crippen LogP contribution in [0.3, 0.4) is 0 Å². The summed E-state index contributed by atoms with van der Waals surface area (Å²) < 4.78 is 0. The molecule has 2 nitrogen and oxygen atoms in total. The standard InChI is InChI=1S/C15H23Cl.CH3NO/c1-3-5-7-14-10-9-13(12-16)11-15(14)8-6-4-2;2-1-3/h9-11H,3-8,12H2,1-2H3;1H,(H2,2,3). The second-order valence-corrected chi connectivity index (χ2v) is 4.85. The molecule has 0 spiro atoms. The lowest BCUT2D eigenvalue weighted by molar-refractivity contribution is -0.106. The normalized spacial score (nSPS) is 9.63. The lowest BCUT2D eigenvalue weighted by Crippen LogP contribution is -1.96. The highest BCUT2D eigenvalue weighted by molar-refractivity contribution is 6.17. The van der Waals surface area contributed by atoms with Gasteiger partial charge >= 0.3 is 0 Å². The molecule has 0 bridgehead atoms. The summed E-state index contributed by atoms with van der Waals surface area (Å²) in [7, 11) is 0. The predicted molar refractivity (Wildman–Crippen MR) is 83.5 cm³/mol. The number of primary amides is 1. The molecular weight excluding hydrogens is 258 g/mol. The van der Waals surface area contributed by atoms with Gasteiger partial charge in [-0.3, -0.25) is 4.79 Å². The summed E-state index contributed by atoms with van der Waals surface area (Å²) in [5.74, 6) is 0.632. The second kappa shape index (κ2) is 12.0. The third kappa shape index (κ3) is 7.89. The van der Waals surface area contributed by atoms with E-state index in [4.69, 9.17) is 16.4 Å². The quantitative estimate of drug-likeness (QED) is 0.591. The average Bonchev–Trinajstić information content (AvgIpc) is 2.44. The Balaban J connectivity index is 0.000000982. The van der Waals surface area contributed by atoms with Gasteiger partial charge in [-0.1, -0.05) is 44.9 Å². The average molecular weight is 284 g/mol. The molecule has 0 radical (unpaired) electrons. The molecule has 0 fully saturated rings. The maximum Gasteiger partial charge on any atom is 0.204 e. The van der Waals surface area contributed by atoms with Crippen LogP contribution in [-0.2, 0) is 23.5 Å². The molecule has 108 valence electrons. The minimum Gasteiger partial charge on any atom is -0.372 e.